The highest BCUT2D eigenvalue weighted by Gasteiger charge is 2.23. The highest BCUT2D eigenvalue weighted by Crippen LogP contribution is 2.14. The van der Waals surface area contributed by atoms with Gasteiger partial charge in [0, 0.05) is 30.1 Å². The third-order valence-corrected chi connectivity index (χ3v) is 2.80. The van der Waals surface area contributed by atoms with Crippen molar-refractivity contribution in [2.75, 3.05) is 6.61 Å². The number of hydrogen-bond donors (Lipinski definition) is 2. The number of pyridine rings is 1. The molecule has 0 aliphatic heterocycles. The van der Waals surface area contributed by atoms with Crippen molar-refractivity contribution in [3.8, 4) is 0 Å². The number of rotatable bonds is 5. The quantitative estimate of drug-likeness (QED) is 0.790. The summed E-state index contributed by atoms with van der Waals surface area (Å²) in [7, 11) is 0. The summed E-state index contributed by atoms with van der Waals surface area (Å²) in [5, 5.41) is 11.9. The second-order valence-corrected chi connectivity index (χ2v) is 4.08. The average Bonchev–Trinajstić information content (AvgIpc) is 2.30. The van der Waals surface area contributed by atoms with Crippen molar-refractivity contribution in [3.05, 3.63) is 30.1 Å². The number of amides is 1. The molecule has 0 spiro atoms. The van der Waals surface area contributed by atoms with Gasteiger partial charge in [-0.15, -0.1) is 0 Å². The summed E-state index contributed by atoms with van der Waals surface area (Å²) in [6.07, 6.45) is 4.51. The number of aliphatic hydroxyl groups is 1. The standard InChI is InChI=1S/C12H18N2O2/c1-3-12(2,6-9-15)14-11(16)10-4-7-13-8-5-10/h4-5,7-8,15H,3,6,9H2,1-2H3,(H,14,16). The van der Waals surface area contributed by atoms with Gasteiger partial charge in [-0.2, -0.15) is 0 Å². The lowest BCUT2D eigenvalue weighted by Crippen LogP contribution is -2.46. The molecule has 16 heavy (non-hydrogen) atoms. The Bertz CT molecular complexity index is 340. The number of aromatic nitrogens is 1. The van der Waals surface area contributed by atoms with E-state index in [0.29, 0.717) is 12.0 Å². The second kappa shape index (κ2) is 5.61. The van der Waals surface area contributed by atoms with Crippen LogP contribution in [0.15, 0.2) is 24.5 Å². The Morgan fingerprint density at radius 1 is 1.50 bits per heavy atom. The van der Waals surface area contributed by atoms with Crippen LogP contribution in [-0.2, 0) is 0 Å². The van der Waals surface area contributed by atoms with E-state index in [1.54, 1.807) is 24.5 Å². The smallest absolute Gasteiger partial charge is 0.251 e. The lowest BCUT2D eigenvalue weighted by atomic mass is 9.94. The summed E-state index contributed by atoms with van der Waals surface area (Å²) in [6.45, 7) is 3.99. The van der Waals surface area contributed by atoms with Crippen LogP contribution in [0.5, 0.6) is 0 Å². The Hall–Kier alpha value is -1.42. The van der Waals surface area contributed by atoms with Crippen molar-refractivity contribution >= 4 is 5.91 Å². The van der Waals surface area contributed by atoms with Gasteiger partial charge in [-0.25, -0.2) is 0 Å². The zero-order chi connectivity index (χ0) is 12.0. The van der Waals surface area contributed by atoms with Gasteiger partial charge in [0.25, 0.3) is 5.91 Å². The maximum atomic E-state index is 11.9. The molecule has 0 saturated heterocycles. The topological polar surface area (TPSA) is 62.2 Å². The van der Waals surface area contributed by atoms with Crippen molar-refractivity contribution in [1.82, 2.24) is 10.3 Å². The average molecular weight is 222 g/mol. The zero-order valence-corrected chi connectivity index (χ0v) is 9.73. The molecule has 1 aromatic heterocycles. The van der Waals surface area contributed by atoms with Crippen LogP contribution < -0.4 is 5.32 Å². The fourth-order valence-corrected chi connectivity index (χ4v) is 1.42. The Morgan fingerprint density at radius 2 is 2.12 bits per heavy atom. The van der Waals surface area contributed by atoms with Crippen LogP contribution >= 0.6 is 0 Å². The molecule has 0 aromatic carbocycles. The van der Waals surface area contributed by atoms with E-state index in [2.05, 4.69) is 10.3 Å². The maximum absolute atomic E-state index is 11.9. The fourth-order valence-electron chi connectivity index (χ4n) is 1.42. The summed E-state index contributed by atoms with van der Waals surface area (Å²) < 4.78 is 0. The number of nitrogens with one attached hydrogen (secondary N) is 1. The number of nitrogens with zero attached hydrogens (tertiary/aromatic N) is 1. The van der Waals surface area contributed by atoms with Crippen LogP contribution in [0, 0.1) is 0 Å². The zero-order valence-electron chi connectivity index (χ0n) is 9.73. The number of carbonyl (C=O) groups is 1. The first-order chi connectivity index (χ1) is 7.61. The predicted molar refractivity (Wildman–Crippen MR) is 62.1 cm³/mol. The summed E-state index contributed by atoms with van der Waals surface area (Å²) >= 11 is 0. The molecule has 88 valence electrons. The molecular weight excluding hydrogens is 204 g/mol. The van der Waals surface area contributed by atoms with Crippen molar-refractivity contribution in [2.45, 2.75) is 32.2 Å². The fraction of sp³-hybridized carbons (Fsp3) is 0.500. The third kappa shape index (κ3) is 3.31. The highest BCUT2D eigenvalue weighted by molar-refractivity contribution is 5.94. The molecular formula is C12H18N2O2. The molecule has 1 heterocycles. The van der Waals surface area contributed by atoms with E-state index in [9.17, 15) is 4.79 Å². The predicted octanol–water partition coefficient (Wildman–Crippen LogP) is 1.36. The van der Waals surface area contributed by atoms with E-state index in [1.165, 1.54) is 0 Å². The maximum Gasteiger partial charge on any atom is 0.251 e. The van der Waals surface area contributed by atoms with Gasteiger partial charge in [0.1, 0.15) is 0 Å². The van der Waals surface area contributed by atoms with E-state index in [1.807, 2.05) is 13.8 Å². The summed E-state index contributed by atoms with van der Waals surface area (Å²) in [5.41, 5.74) is 0.238. The molecule has 0 aliphatic rings. The Morgan fingerprint density at radius 3 is 2.62 bits per heavy atom. The Labute approximate surface area is 95.7 Å². The summed E-state index contributed by atoms with van der Waals surface area (Å²) in [4.78, 5) is 15.7. The number of aliphatic hydroxyl groups excluding tert-OH is 1. The summed E-state index contributed by atoms with van der Waals surface area (Å²) in [5.74, 6) is -0.125. The van der Waals surface area contributed by atoms with Crippen LogP contribution in [-0.4, -0.2) is 28.1 Å². The monoisotopic (exact) mass is 222 g/mol. The van der Waals surface area contributed by atoms with Gasteiger partial charge < -0.3 is 10.4 Å². The minimum absolute atomic E-state index is 0.0704. The largest absolute Gasteiger partial charge is 0.396 e. The van der Waals surface area contributed by atoms with Gasteiger partial charge in [0.2, 0.25) is 0 Å². The Balaban J connectivity index is 2.70. The molecule has 4 nitrogen and oxygen atoms in total. The second-order valence-electron chi connectivity index (χ2n) is 4.08. The number of hydrogen-bond acceptors (Lipinski definition) is 3. The van der Waals surface area contributed by atoms with Gasteiger partial charge >= 0.3 is 0 Å². The highest BCUT2D eigenvalue weighted by atomic mass is 16.3. The Kier molecular flexibility index (Phi) is 4.43. The normalized spacial score (nSPS) is 14.2. The van der Waals surface area contributed by atoms with Crippen LogP contribution in [0.2, 0.25) is 0 Å². The molecule has 1 rings (SSSR count). The minimum atomic E-state index is -0.352. The van der Waals surface area contributed by atoms with Crippen molar-refractivity contribution in [2.24, 2.45) is 0 Å². The van der Waals surface area contributed by atoms with Crippen LogP contribution in [0.3, 0.4) is 0 Å². The molecule has 1 amide bonds. The van der Waals surface area contributed by atoms with Gasteiger partial charge in [-0.05, 0) is 31.9 Å². The van der Waals surface area contributed by atoms with Crippen molar-refractivity contribution < 1.29 is 9.90 Å². The van der Waals surface area contributed by atoms with Crippen LogP contribution in [0.1, 0.15) is 37.0 Å². The van der Waals surface area contributed by atoms with Crippen molar-refractivity contribution in [1.29, 1.82) is 0 Å². The molecule has 1 aromatic rings. The lowest BCUT2D eigenvalue weighted by Gasteiger charge is -2.28. The van der Waals surface area contributed by atoms with Crippen LogP contribution in [0.25, 0.3) is 0 Å². The molecule has 1 atom stereocenters. The van der Waals surface area contributed by atoms with E-state index in [-0.39, 0.29) is 18.1 Å². The molecule has 1 unspecified atom stereocenters. The third-order valence-electron chi connectivity index (χ3n) is 2.80. The number of carbonyl (C=O) groups excluding carboxylic acids is 1. The minimum Gasteiger partial charge on any atom is -0.396 e. The molecule has 4 heteroatoms. The van der Waals surface area contributed by atoms with Gasteiger partial charge in [-0.3, -0.25) is 9.78 Å². The van der Waals surface area contributed by atoms with Gasteiger partial charge in [0.05, 0.1) is 0 Å². The molecule has 0 radical (unpaired) electrons. The van der Waals surface area contributed by atoms with E-state index in [0.717, 1.165) is 6.42 Å². The van der Waals surface area contributed by atoms with E-state index < -0.39 is 0 Å². The molecule has 0 aliphatic carbocycles. The first-order valence-electron chi connectivity index (χ1n) is 5.44. The first kappa shape index (κ1) is 12.6. The van der Waals surface area contributed by atoms with E-state index >= 15 is 0 Å². The lowest BCUT2D eigenvalue weighted by molar-refractivity contribution is 0.0886. The SMILES string of the molecule is CCC(C)(CCO)NC(=O)c1ccncc1. The molecule has 2 N–H and O–H groups in total. The van der Waals surface area contributed by atoms with Gasteiger partial charge in [0.15, 0.2) is 0 Å². The first-order valence-corrected chi connectivity index (χ1v) is 5.44. The molecule has 0 saturated carbocycles. The van der Waals surface area contributed by atoms with Gasteiger partial charge in [-0.1, -0.05) is 6.92 Å². The summed E-state index contributed by atoms with van der Waals surface area (Å²) in [6, 6.07) is 3.34. The molecule has 0 fully saturated rings. The van der Waals surface area contributed by atoms with Crippen LogP contribution in [0.4, 0.5) is 0 Å². The van der Waals surface area contributed by atoms with E-state index in [4.69, 9.17) is 5.11 Å². The van der Waals surface area contributed by atoms with Crippen molar-refractivity contribution in [3.63, 3.8) is 0 Å². The molecule has 0 bridgehead atoms.